The number of nitrogens with one attached hydrogen (secondary N) is 3. The van der Waals surface area contributed by atoms with Crippen LogP contribution in [0.3, 0.4) is 0 Å². The van der Waals surface area contributed by atoms with Crippen molar-refractivity contribution in [3.63, 3.8) is 0 Å². The first-order valence-corrected chi connectivity index (χ1v) is 26.7. The fraction of sp³-hybridized carbons (Fsp3) is 0.407. The second-order valence-corrected chi connectivity index (χ2v) is 21.3. The molecule has 4 aromatic carbocycles. The molecule has 0 bridgehead atoms. The molecule has 0 radical (unpaired) electrons. The average Bonchev–Trinajstić information content (AvgIpc) is 4.36. The lowest BCUT2D eigenvalue weighted by atomic mass is 10.1. The highest BCUT2D eigenvalue weighted by molar-refractivity contribution is 5.95. The second-order valence-electron chi connectivity index (χ2n) is 21.3. The zero-order valence-corrected chi connectivity index (χ0v) is 44.0. The summed E-state index contributed by atoms with van der Waals surface area (Å²) in [4.78, 5) is 78.1. The van der Waals surface area contributed by atoms with Gasteiger partial charge in [0.05, 0.1) is 37.6 Å². The van der Waals surface area contributed by atoms with Crippen LogP contribution in [0.2, 0.25) is 0 Å². The maximum Gasteiger partial charge on any atom is 0.417 e. The summed E-state index contributed by atoms with van der Waals surface area (Å²) in [5, 5.41) is 9.97. The van der Waals surface area contributed by atoms with Crippen LogP contribution in [-0.2, 0) is 40.3 Å². The predicted molar refractivity (Wildman–Crippen MR) is 291 cm³/mol. The number of halogens is 2. The number of nitrogens with zero attached hydrogens (tertiary/aromatic N) is 7. The summed E-state index contributed by atoms with van der Waals surface area (Å²) in [6, 6.07) is 33.9. The molecular weight excluding hydrogens is 983 g/mol. The molecule has 16 nitrogen and oxygen atoms in total. The van der Waals surface area contributed by atoms with Gasteiger partial charge in [0, 0.05) is 62.5 Å². The van der Waals surface area contributed by atoms with E-state index in [9.17, 15) is 32.8 Å². The van der Waals surface area contributed by atoms with Gasteiger partial charge in [-0.05, 0) is 119 Å². The number of carbonyl (C=O) groups is 3. The van der Waals surface area contributed by atoms with Gasteiger partial charge in [0.15, 0.2) is 11.6 Å². The summed E-state index contributed by atoms with van der Waals surface area (Å²) in [7, 11) is 0. The number of aryl methyl sites for hydroxylation is 2. The zero-order chi connectivity index (χ0) is 54.1. The molecule has 4 atom stereocenters. The van der Waals surface area contributed by atoms with Crippen LogP contribution in [0.25, 0.3) is 0 Å². The lowest BCUT2D eigenvalue weighted by molar-refractivity contribution is -0.130. The topological polar surface area (TPSA) is 176 Å². The third kappa shape index (κ3) is 14.9. The number of anilines is 2. The summed E-state index contributed by atoms with van der Waals surface area (Å²) in [5.74, 6) is 0.455. The normalized spacial score (nSPS) is 19.1. The summed E-state index contributed by atoms with van der Waals surface area (Å²) in [5.41, 5.74) is 4.77. The van der Waals surface area contributed by atoms with Gasteiger partial charge in [0.1, 0.15) is 17.2 Å². The molecule has 4 heterocycles. The van der Waals surface area contributed by atoms with Crippen LogP contribution in [0.4, 0.5) is 25.2 Å². The molecule has 3 amide bonds. The molecule has 0 spiro atoms. The van der Waals surface area contributed by atoms with Crippen molar-refractivity contribution in [2.24, 2.45) is 0 Å². The van der Waals surface area contributed by atoms with Gasteiger partial charge in [-0.2, -0.15) is 0 Å². The molecule has 3 N–H and O–H groups in total. The van der Waals surface area contributed by atoms with Crippen molar-refractivity contribution < 1.29 is 27.9 Å². The molecule has 2 aliphatic heterocycles. The third-order valence-corrected chi connectivity index (χ3v) is 14.1. The van der Waals surface area contributed by atoms with Gasteiger partial charge in [-0.1, -0.05) is 84.9 Å². The molecule has 10 rings (SSSR count). The van der Waals surface area contributed by atoms with Gasteiger partial charge in [0.25, 0.3) is 17.0 Å². The Hall–Kier alpha value is -7.57. The number of aromatic nitrogens is 4. The Morgan fingerprint density at radius 3 is 1.55 bits per heavy atom. The maximum atomic E-state index is 13.6. The summed E-state index contributed by atoms with van der Waals surface area (Å²) in [6.45, 7) is 9.19. The van der Waals surface area contributed by atoms with E-state index in [1.807, 2.05) is 91.1 Å². The Bertz CT molecular complexity index is 3120. The minimum absolute atomic E-state index is 0.0956. The summed E-state index contributed by atoms with van der Waals surface area (Å²) >= 11 is 0. The number of piperazine rings is 2. The van der Waals surface area contributed by atoms with E-state index < -0.39 is 17.6 Å². The lowest BCUT2D eigenvalue weighted by Gasteiger charge is -2.34. The van der Waals surface area contributed by atoms with E-state index in [4.69, 9.17) is 9.72 Å². The van der Waals surface area contributed by atoms with Gasteiger partial charge in [-0.25, -0.2) is 28.4 Å². The van der Waals surface area contributed by atoms with E-state index in [2.05, 4.69) is 20.9 Å². The van der Waals surface area contributed by atoms with E-state index in [1.165, 1.54) is 29.8 Å². The first-order chi connectivity index (χ1) is 37.1. The van der Waals surface area contributed by atoms with Crippen LogP contribution in [-0.4, -0.2) is 112 Å². The molecule has 18 heteroatoms. The predicted octanol–water partition coefficient (Wildman–Crippen LogP) is 6.54. The minimum atomic E-state index is -0.716. The van der Waals surface area contributed by atoms with Crippen molar-refractivity contribution in [3.8, 4) is 0 Å². The minimum Gasteiger partial charge on any atom is -0.443 e. The molecule has 0 unspecified atom stereocenters. The van der Waals surface area contributed by atoms with Crippen LogP contribution < -0.4 is 36.9 Å². The molecule has 4 aliphatic rings. The fourth-order valence-electron chi connectivity index (χ4n) is 9.90. The van der Waals surface area contributed by atoms with E-state index >= 15 is 0 Å². The highest BCUT2D eigenvalue weighted by Gasteiger charge is 2.39. The standard InChI is InChI=1S/C32H38FN5O4.C27H30FN5O2/c1-32(2,3)42-31(41)38-17-16-36(21-28(38)39)29-30(40)37(19-22-8-5-4-6-9-22)20-25(35-29)10-7-15-34-27-18-26(27)23-11-13-24(33)14-12-23;28-21-10-8-20(9-11-21)23-15-24(23)29-12-4-7-22-17-33(16-19-5-2-1-3-6-19)27(35)26(31-22)32-14-13-30-25(34)18-32/h4-6,8-9,11-14,20,26-27,34H,7,10,15-19,21H2,1-3H3;1-3,5-6,8-11,17,23-24,29H,4,7,12-16,18H2,(H,30,34)/t26-,27+;23-,24+/m00/s1. The number of benzene rings is 4. The van der Waals surface area contributed by atoms with Gasteiger partial charge >= 0.3 is 6.09 Å². The van der Waals surface area contributed by atoms with E-state index in [0.29, 0.717) is 62.3 Å². The fourth-order valence-corrected chi connectivity index (χ4v) is 9.90. The van der Waals surface area contributed by atoms with Crippen molar-refractivity contribution in [1.29, 1.82) is 0 Å². The molecule has 4 fully saturated rings. The number of amides is 3. The van der Waals surface area contributed by atoms with Crippen molar-refractivity contribution in [1.82, 2.24) is 40.0 Å². The van der Waals surface area contributed by atoms with Gasteiger partial charge < -0.3 is 39.6 Å². The van der Waals surface area contributed by atoms with Crippen LogP contribution in [0.5, 0.6) is 0 Å². The molecule has 404 valence electrons. The highest BCUT2D eigenvalue weighted by Crippen LogP contribution is 2.41. The molecule has 2 aromatic heterocycles. The number of hydrogen-bond acceptors (Lipinski definition) is 12. The van der Waals surface area contributed by atoms with Crippen molar-refractivity contribution >= 4 is 29.5 Å². The zero-order valence-electron chi connectivity index (χ0n) is 44.0. The van der Waals surface area contributed by atoms with Gasteiger partial charge in [-0.15, -0.1) is 0 Å². The molecule has 2 aliphatic carbocycles. The SMILES string of the molecule is CC(C)(C)OC(=O)N1CCN(c2nc(CCCN[C@@H]3C[C@H]3c3ccc(F)cc3)cn(Cc3ccccc3)c2=O)CC1=O.O=C1CN(c2nc(CCCN[C@@H]3C[C@H]3c3ccc(F)cc3)cn(Cc3ccccc3)c2=O)CCN1. The lowest BCUT2D eigenvalue weighted by Crippen LogP contribution is -2.55. The monoisotopic (exact) mass is 1050 g/mol. The first kappa shape index (κ1) is 54.2. The number of imide groups is 1. The molecular formula is C59H68F2N10O6. The highest BCUT2D eigenvalue weighted by atomic mass is 19.1. The Kier molecular flexibility index (Phi) is 17.3. The second kappa shape index (κ2) is 24.6. The average molecular weight is 1050 g/mol. The Morgan fingerprint density at radius 2 is 1.10 bits per heavy atom. The molecule has 77 heavy (non-hydrogen) atoms. The van der Waals surface area contributed by atoms with Crippen molar-refractivity contribution in [3.05, 3.63) is 188 Å². The molecule has 2 saturated carbocycles. The van der Waals surface area contributed by atoms with E-state index in [-0.39, 0.29) is 60.7 Å². The van der Waals surface area contributed by atoms with E-state index in [1.54, 1.807) is 45.9 Å². The first-order valence-electron chi connectivity index (χ1n) is 26.7. The number of hydrogen-bond donors (Lipinski definition) is 3. The Morgan fingerprint density at radius 1 is 0.636 bits per heavy atom. The number of rotatable bonds is 18. The van der Waals surface area contributed by atoms with Crippen LogP contribution in [0.15, 0.2) is 131 Å². The van der Waals surface area contributed by atoms with Gasteiger partial charge in [-0.3, -0.25) is 19.2 Å². The quantitative estimate of drug-likeness (QED) is 0.0795. The maximum absolute atomic E-state index is 13.6. The Labute approximate surface area is 447 Å². The van der Waals surface area contributed by atoms with Gasteiger partial charge in [0.2, 0.25) is 5.91 Å². The molecule has 6 aromatic rings. The van der Waals surface area contributed by atoms with Crippen molar-refractivity contribution in [2.75, 3.05) is 62.2 Å². The molecule has 2 saturated heterocycles. The van der Waals surface area contributed by atoms with Crippen LogP contribution in [0, 0.1) is 11.6 Å². The largest absolute Gasteiger partial charge is 0.443 e. The van der Waals surface area contributed by atoms with Crippen LogP contribution >= 0.6 is 0 Å². The Balaban J connectivity index is 0.000000191. The van der Waals surface area contributed by atoms with Crippen molar-refractivity contribution in [2.45, 2.75) is 102 Å². The van der Waals surface area contributed by atoms with E-state index in [0.717, 1.165) is 78.2 Å². The number of ether oxygens (including phenoxy) is 1. The number of carbonyl (C=O) groups excluding carboxylic acids is 3. The van der Waals surface area contributed by atoms with Crippen LogP contribution in [0.1, 0.15) is 91.9 Å². The summed E-state index contributed by atoms with van der Waals surface area (Å²) in [6.07, 6.45) is 8.12. The summed E-state index contributed by atoms with van der Waals surface area (Å²) < 4.78 is 35.1. The smallest absolute Gasteiger partial charge is 0.417 e. The third-order valence-electron chi connectivity index (χ3n) is 14.1.